The van der Waals surface area contributed by atoms with Gasteiger partial charge in [-0.15, -0.1) is 0 Å². The SMILES string of the molecule is O=C(O)c1ccc2c(n1)c(Br)nn2C1CCOCC1. The molecule has 0 saturated carbocycles. The standard InChI is InChI=1S/C12H12BrN3O3/c13-11-10-9(2-1-8(14-10)12(17)18)16(15-11)7-3-5-19-6-4-7/h1-2,7H,3-6H2,(H,17,18). The summed E-state index contributed by atoms with van der Waals surface area (Å²) in [7, 11) is 0. The van der Waals surface area contributed by atoms with E-state index in [9.17, 15) is 4.79 Å². The van der Waals surface area contributed by atoms with E-state index in [1.54, 1.807) is 6.07 Å². The van der Waals surface area contributed by atoms with Crippen molar-refractivity contribution in [2.75, 3.05) is 13.2 Å². The molecule has 3 rings (SSSR count). The summed E-state index contributed by atoms with van der Waals surface area (Å²) in [5, 5.41) is 13.4. The molecule has 0 unspecified atom stereocenters. The Morgan fingerprint density at radius 3 is 2.84 bits per heavy atom. The van der Waals surface area contributed by atoms with Crippen molar-refractivity contribution in [3.8, 4) is 0 Å². The van der Waals surface area contributed by atoms with Crippen LogP contribution in [0.4, 0.5) is 0 Å². The lowest BCUT2D eigenvalue weighted by molar-refractivity contribution is 0.0674. The number of ether oxygens (including phenoxy) is 1. The molecular formula is C12H12BrN3O3. The van der Waals surface area contributed by atoms with Crippen molar-refractivity contribution < 1.29 is 14.6 Å². The average molecular weight is 326 g/mol. The Kier molecular flexibility index (Phi) is 3.24. The minimum atomic E-state index is -1.03. The monoisotopic (exact) mass is 325 g/mol. The van der Waals surface area contributed by atoms with Crippen LogP contribution in [0, 0.1) is 0 Å². The van der Waals surface area contributed by atoms with Crippen LogP contribution in [-0.2, 0) is 4.74 Å². The summed E-state index contributed by atoms with van der Waals surface area (Å²) < 4.78 is 7.84. The molecule has 0 radical (unpaired) electrons. The maximum Gasteiger partial charge on any atom is 0.354 e. The van der Waals surface area contributed by atoms with Crippen molar-refractivity contribution in [2.24, 2.45) is 0 Å². The number of aromatic nitrogens is 3. The van der Waals surface area contributed by atoms with Gasteiger partial charge in [-0.05, 0) is 40.9 Å². The summed E-state index contributed by atoms with van der Waals surface area (Å²) in [6.45, 7) is 1.45. The lowest BCUT2D eigenvalue weighted by atomic mass is 10.1. The third kappa shape index (κ3) is 2.23. The van der Waals surface area contributed by atoms with Gasteiger partial charge in [-0.1, -0.05) is 0 Å². The molecule has 100 valence electrons. The number of nitrogens with zero attached hydrogens (tertiary/aromatic N) is 3. The number of carbonyl (C=O) groups is 1. The van der Waals surface area contributed by atoms with E-state index in [0.717, 1.165) is 31.6 Å². The summed E-state index contributed by atoms with van der Waals surface area (Å²) in [5.74, 6) is -1.03. The first-order valence-electron chi connectivity index (χ1n) is 6.02. The van der Waals surface area contributed by atoms with Crippen molar-refractivity contribution in [1.29, 1.82) is 0 Å². The van der Waals surface area contributed by atoms with Gasteiger partial charge in [0.15, 0.2) is 4.60 Å². The van der Waals surface area contributed by atoms with Crippen molar-refractivity contribution in [3.05, 3.63) is 22.4 Å². The number of pyridine rings is 1. The molecule has 0 aliphatic carbocycles. The Bertz CT molecular complexity index is 634. The van der Waals surface area contributed by atoms with Crippen molar-refractivity contribution in [1.82, 2.24) is 14.8 Å². The molecule has 0 spiro atoms. The minimum Gasteiger partial charge on any atom is -0.477 e. The van der Waals surface area contributed by atoms with Crippen LogP contribution in [-0.4, -0.2) is 39.1 Å². The van der Waals surface area contributed by atoms with Crippen molar-refractivity contribution in [3.63, 3.8) is 0 Å². The molecule has 3 heterocycles. The van der Waals surface area contributed by atoms with Gasteiger partial charge in [0.1, 0.15) is 11.2 Å². The van der Waals surface area contributed by atoms with Gasteiger partial charge in [0.05, 0.1) is 11.6 Å². The Morgan fingerprint density at radius 2 is 2.16 bits per heavy atom. The van der Waals surface area contributed by atoms with E-state index in [4.69, 9.17) is 9.84 Å². The average Bonchev–Trinajstić information content (AvgIpc) is 2.77. The van der Waals surface area contributed by atoms with E-state index in [0.29, 0.717) is 10.1 Å². The summed E-state index contributed by atoms with van der Waals surface area (Å²) >= 11 is 3.35. The van der Waals surface area contributed by atoms with Gasteiger partial charge in [-0.3, -0.25) is 4.68 Å². The highest BCUT2D eigenvalue weighted by Gasteiger charge is 2.21. The molecule has 0 bridgehead atoms. The first kappa shape index (κ1) is 12.6. The normalized spacial score (nSPS) is 16.9. The fraction of sp³-hybridized carbons (Fsp3) is 0.417. The van der Waals surface area contributed by atoms with E-state index in [2.05, 4.69) is 26.0 Å². The second-order valence-corrected chi connectivity index (χ2v) is 5.20. The highest BCUT2D eigenvalue weighted by Crippen LogP contribution is 2.28. The third-order valence-electron chi connectivity index (χ3n) is 3.27. The molecule has 19 heavy (non-hydrogen) atoms. The lowest BCUT2D eigenvalue weighted by Gasteiger charge is -2.22. The first-order valence-corrected chi connectivity index (χ1v) is 6.82. The maximum atomic E-state index is 10.9. The highest BCUT2D eigenvalue weighted by atomic mass is 79.9. The number of hydrogen-bond acceptors (Lipinski definition) is 4. The fourth-order valence-electron chi connectivity index (χ4n) is 2.31. The van der Waals surface area contributed by atoms with E-state index in [1.807, 2.05) is 4.68 Å². The molecule has 2 aromatic heterocycles. The van der Waals surface area contributed by atoms with Gasteiger partial charge in [0.2, 0.25) is 0 Å². The molecule has 7 heteroatoms. The second-order valence-electron chi connectivity index (χ2n) is 4.45. The van der Waals surface area contributed by atoms with Crippen molar-refractivity contribution in [2.45, 2.75) is 18.9 Å². The number of hydrogen-bond donors (Lipinski definition) is 1. The van der Waals surface area contributed by atoms with Crippen LogP contribution >= 0.6 is 15.9 Å². The zero-order valence-electron chi connectivity index (χ0n) is 10.0. The summed E-state index contributed by atoms with van der Waals surface area (Å²) in [4.78, 5) is 15.1. The van der Waals surface area contributed by atoms with Crippen molar-refractivity contribution >= 4 is 32.9 Å². The summed E-state index contributed by atoms with van der Waals surface area (Å²) in [6, 6.07) is 3.55. The summed E-state index contributed by atoms with van der Waals surface area (Å²) in [6.07, 6.45) is 1.81. The van der Waals surface area contributed by atoms with Gasteiger partial charge in [-0.2, -0.15) is 5.10 Å². The molecule has 1 N–H and O–H groups in total. The van der Waals surface area contributed by atoms with Crippen LogP contribution < -0.4 is 0 Å². The quantitative estimate of drug-likeness (QED) is 0.916. The molecule has 0 atom stereocenters. The smallest absolute Gasteiger partial charge is 0.354 e. The molecular weight excluding hydrogens is 314 g/mol. The van der Waals surface area contributed by atoms with Crippen LogP contribution in [0.1, 0.15) is 29.4 Å². The summed E-state index contributed by atoms with van der Waals surface area (Å²) in [5.41, 5.74) is 1.47. The van der Waals surface area contributed by atoms with Gasteiger partial charge in [-0.25, -0.2) is 9.78 Å². The minimum absolute atomic E-state index is 0.0275. The predicted molar refractivity (Wildman–Crippen MR) is 71.3 cm³/mol. The Morgan fingerprint density at radius 1 is 1.42 bits per heavy atom. The Labute approximate surface area is 117 Å². The largest absolute Gasteiger partial charge is 0.477 e. The number of halogens is 1. The Balaban J connectivity index is 2.08. The van der Waals surface area contributed by atoms with Crippen LogP contribution in [0.25, 0.3) is 11.0 Å². The Hall–Kier alpha value is -1.47. The topological polar surface area (TPSA) is 77.2 Å². The lowest BCUT2D eigenvalue weighted by Crippen LogP contribution is -2.20. The highest BCUT2D eigenvalue weighted by molar-refractivity contribution is 9.10. The van der Waals surface area contributed by atoms with E-state index in [-0.39, 0.29) is 11.7 Å². The van der Waals surface area contributed by atoms with Crippen LogP contribution in [0.15, 0.2) is 16.7 Å². The van der Waals surface area contributed by atoms with Gasteiger partial charge >= 0.3 is 5.97 Å². The maximum absolute atomic E-state index is 10.9. The predicted octanol–water partition coefficient (Wildman–Crippen LogP) is 2.24. The van der Waals surface area contributed by atoms with Gasteiger partial charge in [0.25, 0.3) is 0 Å². The van der Waals surface area contributed by atoms with Crippen LogP contribution in [0.2, 0.25) is 0 Å². The molecule has 1 aliphatic heterocycles. The molecule has 1 aliphatic rings. The zero-order valence-corrected chi connectivity index (χ0v) is 11.6. The number of carboxylic acid groups (broad SMARTS) is 1. The van der Waals surface area contributed by atoms with E-state index < -0.39 is 5.97 Å². The number of fused-ring (bicyclic) bond motifs is 1. The van der Waals surface area contributed by atoms with E-state index in [1.165, 1.54) is 6.07 Å². The molecule has 2 aromatic rings. The van der Waals surface area contributed by atoms with Crippen LogP contribution in [0.5, 0.6) is 0 Å². The molecule has 0 amide bonds. The molecule has 1 saturated heterocycles. The second kappa shape index (κ2) is 4.90. The number of rotatable bonds is 2. The third-order valence-corrected chi connectivity index (χ3v) is 3.80. The van der Waals surface area contributed by atoms with E-state index >= 15 is 0 Å². The molecule has 1 fully saturated rings. The number of aromatic carboxylic acids is 1. The van der Waals surface area contributed by atoms with Crippen LogP contribution in [0.3, 0.4) is 0 Å². The molecule has 6 nitrogen and oxygen atoms in total. The van der Waals surface area contributed by atoms with Gasteiger partial charge in [0, 0.05) is 13.2 Å². The first-order chi connectivity index (χ1) is 9.16. The van der Waals surface area contributed by atoms with Gasteiger partial charge < -0.3 is 9.84 Å². The zero-order chi connectivity index (χ0) is 13.4. The molecule has 0 aromatic carbocycles. The fourth-order valence-corrected chi connectivity index (χ4v) is 2.77. The number of carboxylic acids is 1.